The highest BCUT2D eigenvalue weighted by Crippen LogP contribution is 2.38. The van der Waals surface area contributed by atoms with E-state index in [0.717, 1.165) is 46.6 Å². The van der Waals surface area contributed by atoms with Crippen molar-refractivity contribution in [3.63, 3.8) is 0 Å². The van der Waals surface area contributed by atoms with Gasteiger partial charge in [0.1, 0.15) is 0 Å². The van der Waals surface area contributed by atoms with Crippen LogP contribution in [0.4, 0.5) is 11.4 Å². The first-order valence-corrected chi connectivity index (χ1v) is 8.61. The van der Waals surface area contributed by atoms with E-state index < -0.39 is 4.92 Å². The topological polar surface area (TPSA) is 46.4 Å². The van der Waals surface area contributed by atoms with Crippen molar-refractivity contribution in [3.8, 4) is 12.3 Å². The molecule has 0 aliphatic heterocycles. The van der Waals surface area contributed by atoms with E-state index in [4.69, 9.17) is 6.42 Å². The van der Waals surface area contributed by atoms with E-state index in [9.17, 15) is 10.1 Å². The van der Waals surface area contributed by atoms with Crippen LogP contribution in [0, 0.1) is 22.5 Å². The van der Waals surface area contributed by atoms with E-state index in [1.54, 1.807) is 12.1 Å². The lowest BCUT2D eigenvalue weighted by Gasteiger charge is -2.22. The molecular formula is C22H20N2O2. The molecule has 0 amide bonds. The molecule has 1 aliphatic carbocycles. The number of fused-ring (bicyclic) bond motifs is 1. The number of terminal acetylenes is 1. The van der Waals surface area contributed by atoms with Crippen LogP contribution in [-0.2, 0) is 0 Å². The molecule has 0 saturated heterocycles. The van der Waals surface area contributed by atoms with E-state index in [2.05, 4.69) is 42.9 Å². The Morgan fingerprint density at radius 3 is 2.38 bits per heavy atom. The van der Waals surface area contributed by atoms with Crippen molar-refractivity contribution in [3.05, 3.63) is 75.3 Å². The first-order chi connectivity index (χ1) is 12.6. The van der Waals surface area contributed by atoms with Gasteiger partial charge in [-0.2, -0.15) is 0 Å². The Morgan fingerprint density at radius 1 is 1.12 bits per heavy atom. The van der Waals surface area contributed by atoms with Crippen LogP contribution in [0.5, 0.6) is 0 Å². The zero-order chi connectivity index (χ0) is 18.7. The quantitative estimate of drug-likeness (QED) is 0.435. The largest absolute Gasteiger partial charge is 0.372 e. The molecule has 130 valence electrons. The Bertz CT molecular complexity index is 943. The number of anilines is 1. The van der Waals surface area contributed by atoms with Gasteiger partial charge in [-0.1, -0.05) is 12.0 Å². The van der Waals surface area contributed by atoms with Crippen molar-refractivity contribution in [2.45, 2.75) is 13.8 Å². The molecule has 0 heterocycles. The molecule has 1 aliphatic rings. The van der Waals surface area contributed by atoms with Crippen molar-refractivity contribution in [1.29, 1.82) is 0 Å². The number of hydrogen-bond acceptors (Lipinski definition) is 3. The summed E-state index contributed by atoms with van der Waals surface area (Å²) < 4.78 is 0. The molecule has 0 radical (unpaired) electrons. The minimum atomic E-state index is -0.396. The average molecular weight is 344 g/mol. The Kier molecular flexibility index (Phi) is 4.90. The Labute approximate surface area is 153 Å². The first-order valence-electron chi connectivity index (χ1n) is 8.61. The number of allylic oxidation sites excluding steroid dienone is 3. The van der Waals surface area contributed by atoms with E-state index in [1.165, 1.54) is 12.1 Å². The lowest BCUT2D eigenvalue weighted by molar-refractivity contribution is -0.384. The van der Waals surface area contributed by atoms with Gasteiger partial charge in [0.2, 0.25) is 0 Å². The predicted octanol–water partition coefficient (Wildman–Crippen LogP) is 5.01. The summed E-state index contributed by atoms with van der Waals surface area (Å²) >= 11 is 0. The smallest absolute Gasteiger partial charge is 0.269 e. The predicted molar refractivity (Wildman–Crippen MR) is 108 cm³/mol. The van der Waals surface area contributed by atoms with E-state index in [-0.39, 0.29) is 5.69 Å². The summed E-state index contributed by atoms with van der Waals surface area (Å²) in [6.45, 7) is 6.15. The zero-order valence-corrected chi connectivity index (χ0v) is 14.9. The molecule has 0 N–H and O–H groups in total. The van der Waals surface area contributed by atoms with E-state index >= 15 is 0 Å². The minimum absolute atomic E-state index is 0.0858. The van der Waals surface area contributed by atoms with Gasteiger partial charge in [-0.25, -0.2) is 0 Å². The van der Waals surface area contributed by atoms with E-state index in [1.807, 2.05) is 12.2 Å². The molecule has 3 rings (SSSR count). The Balaban J connectivity index is 2.01. The number of rotatable bonds is 5. The standard InChI is InChI=1S/C22H20N2O2/c1-4-17-14-18(13-16-7-9-19(10-8-16)24(25)26)21-12-11-20(15-22(17)21)23(5-2)6-3/h1,7-15H,5-6H2,2-3H3. The van der Waals surface area contributed by atoms with Crippen LogP contribution in [0.3, 0.4) is 0 Å². The van der Waals surface area contributed by atoms with Crippen LogP contribution in [0.1, 0.15) is 30.5 Å². The van der Waals surface area contributed by atoms with Crippen LogP contribution >= 0.6 is 0 Å². The fourth-order valence-corrected chi connectivity index (χ4v) is 3.21. The normalized spacial score (nSPS) is 13.9. The lowest BCUT2D eigenvalue weighted by atomic mass is 10.0. The van der Waals surface area contributed by atoms with Gasteiger partial charge >= 0.3 is 0 Å². The van der Waals surface area contributed by atoms with Gasteiger partial charge in [-0.15, -0.1) is 6.42 Å². The van der Waals surface area contributed by atoms with Gasteiger partial charge in [0.15, 0.2) is 0 Å². The summed E-state index contributed by atoms with van der Waals surface area (Å²) in [4.78, 5) is 12.7. The molecule has 2 aromatic carbocycles. The van der Waals surface area contributed by atoms with Crippen LogP contribution < -0.4 is 4.90 Å². The molecule has 0 atom stereocenters. The highest BCUT2D eigenvalue weighted by Gasteiger charge is 2.18. The summed E-state index contributed by atoms with van der Waals surface area (Å²) in [6, 6.07) is 12.9. The Hall–Kier alpha value is -3.32. The maximum atomic E-state index is 10.8. The minimum Gasteiger partial charge on any atom is -0.372 e. The molecular weight excluding hydrogens is 324 g/mol. The number of non-ortho nitro benzene ring substituents is 1. The highest BCUT2D eigenvalue weighted by molar-refractivity contribution is 6.05. The van der Waals surface area contributed by atoms with Crippen LogP contribution in [-0.4, -0.2) is 18.0 Å². The fraction of sp³-hybridized carbons (Fsp3) is 0.182. The van der Waals surface area contributed by atoms with E-state index in [0.29, 0.717) is 0 Å². The molecule has 4 heteroatoms. The molecule has 26 heavy (non-hydrogen) atoms. The summed E-state index contributed by atoms with van der Waals surface area (Å²) in [5, 5.41) is 10.8. The second-order valence-electron chi connectivity index (χ2n) is 6.05. The van der Waals surface area contributed by atoms with Crippen LogP contribution in [0.25, 0.3) is 17.2 Å². The first kappa shape index (κ1) is 17.5. The summed E-state index contributed by atoms with van der Waals surface area (Å²) in [7, 11) is 0. The van der Waals surface area contributed by atoms with Crippen molar-refractivity contribution >= 4 is 28.6 Å². The van der Waals surface area contributed by atoms with Crippen LogP contribution in [0.2, 0.25) is 0 Å². The third-order valence-electron chi connectivity index (χ3n) is 4.61. The summed E-state index contributed by atoms with van der Waals surface area (Å²) in [6.07, 6.45) is 9.72. The number of nitro benzene ring substituents is 1. The summed E-state index contributed by atoms with van der Waals surface area (Å²) in [5.74, 6) is 2.77. The van der Waals surface area contributed by atoms with Gasteiger partial charge < -0.3 is 4.90 Å². The van der Waals surface area contributed by atoms with Gasteiger partial charge in [0.25, 0.3) is 5.69 Å². The molecule has 0 bridgehead atoms. The maximum absolute atomic E-state index is 10.8. The molecule has 4 nitrogen and oxygen atoms in total. The molecule has 2 aromatic rings. The number of hydrogen-bond donors (Lipinski definition) is 0. The monoisotopic (exact) mass is 344 g/mol. The molecule has 0 fully saturated rings. The van der Waals surface area contributed by atoms with Gasteiger partial charge in [0, 0.05) is 36.5 Å². The molecule has 0 unspecified atom stereocenters. The number of nitrogens with zero attached hydrogens (tertiary/aromatic N) is 2. The number of nitro groups is 1. The maximum Gasteiger partial charge on any atom is 0.269 e. The average Bonchev–Trinajstić information content (AvgIpc) is 3.00. The van der Waals surface area contributed by atoms with Gasteiger partial charge in [0.05, 0.1) is 4.92 Å². The zero-order valence-electron chi connectivity index (χ0n) is 14.9. The van der Waals surface area contributed by atoms with Gasteiger partial charge in [-0.05, 0) is 72.5 Å². The van der Waals surface area contributed by atoms with Crippen molar-refractivity contribution < 1.29 is 4.92 Å². The third kappa shape index (κ3) is 3.25. The van der Waals surface area contributed by atoms with Gasteiger partial charge in [-0.3, -0.25) is 10.1 Å². The van der Waals surface area contributed by atoms with Crippen molar-refractivity contribution in [2.24, 2.45) is 0 Å². The molecule has 0 spiro atoms. The van der Waals surface area contributed by atoms with Crippen molar-refractivity contribution in [2.75, 3.05) is 18.0 Å². The SMILES string of the molecule is C#CC1=CC(=Cc2ccc([N+](=O)[O-])cc2)c2ccc(N(CC)CC)cc21. The summed E-state index contributed by atoms with van der Waals surface area (Å²) in [5.41, 5.74) is 6.18. The molecule has 0 aromatic heterocycles. The highest BCUT2D eigenvalue weighted by atomic mass is 16.6. The second-order valence-corrected chi connectivity index (χ2v) is 6.05. The van der Waals surface area contributed by atoms with Crippen molar-refractivity contribution in [1.82, 2.24) is 0 Å². The lowest BCUT2D eigenvalue weighted by Crippen LogP contribution is -2.21. The second kappa shape index (κ2) is 7.28. The molecule has 0 saturated carbocycles. The number of benzene rings is 2. The fourth-order valence-electron chi connectivity index (χ4n) is 3.21. The Morgan fingerprint density at radius 2 is 1.81 bits per heavy atom. The van der Waals surface area contributed by atoms with Crippen LogP contribution in [0.15, 0.2) is 48.5 Å². The third-order valence-corrected chi connectivity index (χ3v) is 4.61.